The average Bonchev–Trinajstić information content (AvgIpc) is 3.47. The normalized spacial score (nSPS) is 12.4. The molecule has 0 saturated carbocycles. The Balaban J connectivity index is 3.91. The van der Waals surface area contributed by atoms with E-state index in [1.807, 2.05) is 0 Å². The molecule has 81 heavy (non-hydrogen) atoms. The molecule has 0 saturated heterocycles. The van der Waals surface area contributed by atoms with Crippen molar-refractivity contribution in [3.8, 4) is 0 Å². The van der Waals surface area contributed by atoms with Crippen LogP contribution in [0.15, 0.2) is 60.8 Å². The Morgan fingerprint density at radius 2 is 0.444 bits per heavy atom. The molecule has 0 aliphatic rings. The summed E-state index contributed by atoms with van der Waals surface area (Å²) < 4.78 is 16.8. The van der Waals surface area contributed by atoms with Crippen LogP contribution >= 0.6 is 0 Å². The van der Waals surface area contributed by atoms with Gasteiger partial charge in [-0.3, -0.25) is 14.4 Å². The van der Waals surface area contributed by atoms with Crippen molar-refractivity contribution in [2.24, 2.45) is 0 Å². The molecule has 0 aliphatic carbocycles. The molecule has 0 radical (unpaired) electrons. The lowest BCUT2D eigenvalue weighted by Gasteiger charge is -2.18. The highest BCUT2D eigenvalue weighted by Gasteiger charge is 2.19. The smallest absolute Gasteiger partial charge is 0.306 e. The van der Waals surface area contributed by atoms with Crippen LogP contribution in [0.25, 0.3) is 0 Å². The highest BCUT2D eigenvalue weighted by molar-refractivity contribution is 5.71. The molecular weight excluding hydrogens is 997 g/mol. The number of allylic oxidation sites excluding steroid dienone is 10. The number of hydrogen-bond acceptors (Lipinski definition) is 6. The van der Waals surface area contributed by atoms with Gasteiger partial charge in [0.05, 0.1) is 0 Å². The fraction of sp³-hybridized carbons (Fsp3) is 0.827. The van der Waals surface area contributed by atoms with Crippen molar-refractivity contribution in [1.29, 1.82) is 0 Å². The number of carbonyl (C=O) groups excluding carboxylic acids is 3. The van der Waals surface area contributed by atoms with Crippen molar-refractivity contribution >= 4 is 17.9 Å². The molecule has 472 valence electrons. The molecular formula is C75H136O6. The maximum atomic E-state index is 12.8. The van der Waals surface area contributed by atoms with Crippen LogP contribution in [0, 0.1) is 0 Å². The predicted molar refractivity (Wildman–Crippen MR) is 353 cm³/mol. The zero-order chi connectivity index (χ0) is 58.5. The quantitative estimate of drug-likeness (QED) is 0.0261. The molecule has 1 unspecified atom stereocenters. The van der Waals surface area contributed by atoms with Gasteiger partial charge in [-0.15, -0.1) is 0 Å². The van der Waals surface area contributed by atoms with Crippen molar-refractivity contribution in [1.82, 2.24) is 0 Å². The van der Waals surface area contributed by atoms with Gasteiger partial charge in [0.2, 0.25) is 0 Å². The number of rotatable bonds is 66. The van der Waals surface area contributed by atoms with Crippen molar-refractivity contribution in [2.75, 3.05) is 13.2 Å². The molecule has 0 rings (SSSR count). The second-order valence-electron chi connectivity index (χ2n) is 24.1. The minimum atomic E-state index is -0.774. The minimum Gasteiger partial charge on any atom is -0.462 e. The lowest BCUT2D eigenvalue weighted by Crippen LogP contribution is -2.30. The standard InChI is InChI=1S/C75H136O6/c1-4-7-10-13-15-17-19-21-23-25-27-29-31-32-33-34-35-36-37-38-39-40-41-42-44-45-47-49-51-53-55-57-59-62-65-68-74(77)80-71-72(70-79-73(76)67-64-61-12-9-6-3)81-75(78)69-66-63-60-58-56-54-52-50-48-46-43-30-28-26-24-22-20-18-16-14-11-8-5-2/h19-22,25-28,43,46,72H,4-18,23-24,29-42,44-45,47-71H2,1-3H3/b21-19-,22-20-,27-25-,28-26-,46-43-. The fourth-order valence-corrected chi connectivity index (χ4v) is 10.6. The van der Waals surface area contributed by atoms with Gasteiger partial charge in [0.1, 0.15) is 13.2 Å². The van der Waals surface area contributed by atoms with Crippen LogP contribution in [0.1, 0.15) is 380 Å². The first-order valence-corrected chi connectivity index (χ1v) is 35.8. The molecule has 0 aliphatic heterocycles. The molecule has 0 bridgehead atoms. The van der Waals surface area contributed by atoms with Crippen LogP contribution in [0.5, 0.6) is 0 Å². The summed E-state index contributed by atoms with van der Waals surface area (Å²) in [6, 6.07) is 0. The van der Waals surface area contributed by atoms with Gasteiger partial charge < -0.3 is 14.2 Å². The number of ether oxygens (including phenoxy) is 3. The summed E-state index contributed by atoms with van der Waals surface area (Å²) in [7, 11) is 0. The highest BCUT2D eigenvalue weighted by Crippen LogP contribution is 2.18. The van der Waals surface area contributed by atoms with Gasteiger partial charge in [-0.25, -0.2) is 0 Å². The van der Waals surface area contributed by atoms with Crippen molar-refractivity contribution in [3.05, 3.63) is 60.8 Å². The Kier molecular flexibility index (Phi) is 67.1. The topological polar surface area (TPSA) is 78.9 Å². The van der Waals surface area contributed by atoms with Crippen LogP contribution in [0.2, 0.25) is 0 Å². The maximum Gasteiger partial charge on any atom is 0.306 e. The molecule has 0 heterocycles. The van der Waals surface area contributed by atoms with E-state index in [0.717, 1.165) is 89.9 Å². The van der Waals surface area contributed by atoms with Gasteiger partial charge in [0.15, 0.2) is 6.10 Å². The van der Waals surface area contributed by atoms with Gasteiger partial charge in [-0.1, -0.05) is 332 Å². The Morgan fingerprint density at radius 1 is 0.247 bits per heavy atom. The van der Waals surface area contributed by atoms with Crippen molar-refractivity contribution in [3.63, 3.8) is 0 Å². The molecule has 0 aromatic rings. The van der Waals surface area contributed by atoms with E-state index >= 15 is 0 Å². The average molecular weight is 1130 g/mol. The third-order valence-corrected chi connectivity index (χ3v) is 16.0. The first kappa shape index (κ1) is 78.1. The van der Waals surface area contributed by atoms with E-state index in [9.17, 15) is 14.4 Å². The highest BCUT2D eigenvalue weighted by atomic mass is 16.6. The van der Waals surface area contributed by atoms with Gasteiger partial charge in [-0.05, 0) is 89.9 Å². The van der Waals surface area contributed by atoms with E-state index in [0.29, 0.717) is 19.3 Å². The lowest BCUT2D eigenvalue weighted by atomic mass is 10.0. The Morgan fingerprint density at radius 3 is 0.691 bits per heavy atom. The Labute approximate surface area is 504 Å². The fourth-order valence-electron chi connectivity index (χ4n) is 10.6. The number of esters is 3. The second-order valence-corrected chi connectivity index (χ2v) is 24.1. The third kappa shape index (κ3) is 67.8. The Hall–Kier alpha value is -2.89. The molecule has 6 nitrogen and oxygen atoms in total. The largest absolute Gasteiger partial charge is 0.462 e. The molecule has 0 amide bonds. The molecule has 0 spiro atoms. The summed E-state index contributed by atoms with van der Waals surface area (Å²) in [4.78, 5) is 38.0. The molecule has 0 aromatic carbocycles. The number of hydrogen-bond donors (Lipinski definition) is 0. The maximum absolute atomic E-state index is 12.8. The second kappa shape index (κ2) is 69.6. The van der Waals surface area contributed by atoms with Crippen LogP contribution < -0.4 is 0 Å². The molecule has 6 heteroatoms. The van der Waals surface area contributed by atoms with Gasteiger partial charge >= 0.3 is 17.9 Å². The van der Waals surface area contributed by atoms with Gasteiger partial charge in [0.25, 0.3) is 0 Å². The summed E-state index contributed by atoms with van der Waals surface area (Å²) in [6.07, 6.45) is 90.3. The summed E-state index contributed by atoms with van der Waals surface area (Å²) in [6.45, 7) is 6.58. The van der Waals surface area contributed by atoms with Crippen LogP contribution in [-0.4, -0.2) is 37.2 Å². The van der Waals surface area contributed by atoms with Gasteiger partial charge in [0, 0.05) is 19.3 Å². The first-order valence-electron chi connectivity index (χ1n) is 35.8. The summed E-state index contributed by atoms with van der Waals surface area (Å²) in [5.41, 5.74) is 0. The van der Waals surface area contributed by atoms with Crippen LogP contribution in [0.4, 0.5) is 0 Å². The van der Waals surface area contributed by atoms with E-state index in [1.54, 1.807) is 0 Å². The van der Waals surface area contributed by atoms with Crippen LogP contribution in [-0.2, 0) is 28.6 Å². The minimum absolute atomic E-state index is 0.0734. The molecule has 0 N–H and O–H groups in total. The number of carbonyl (C=O) groups is 3. The molecule has 0 aromatic heterocycles. The van der Waals surface area contributed by atoms with Crippen molar-refractivity contribution in [2.45, 2.75) is 386 Å². The van der Waals surface area contributed by atoms with E-state index < -0.39 is 6.10 Å². The zero-order valence-corrected chi connectivity index (χ0v) is 54.3. The van der Waals surface area contributed by atoms with E-state index in [-0.39, 0.29) is 31.1 Å². The van der Waals surface area contributed by atoms with Gasteiger partial charge in [-0.2, -0.15) is 0 Å². The van der Waals surface area contributed by atoms with E-state index in [4.69, 9.17) is 14.2 Å². The predicted octanol–water partition coefficient (Wildman–Crippen LogP) is 24.7. The summed E-state index contributed by atoms with van der Waals surface area (Å²) in [5.74, 6) is -0.876. The number of unbranched alkanes of at least 4 members (excludes halogenated alkanes) is 45. The molecule has 1 atom stereocenters. The SMILES string of the molecule is CCCCCCC/C=C\C/C=C\C/C=C\CCCCCCCCCCC(=O)OC(COC(=O)CCCCCCC)COC(=O)CCCCCCCCCCCCCCCCCCCCCCCCC/C=C\C/C=C\CCCCCCC. The molecule has 0 fully saturated rings. The summed E-state index contributed by atoms with van der Waals surface area (Å²) >= 11 is 0. The van der Waals surface area contributed by atoms with E-state index in [1.165, 1.54) is 250 Å². The van der Waals surface area contributed by atoms with E-state index in [2.05, 4.69) is 81.5 Å². The zero-order valence-electron chi connectivity index (χ0n) is 54.3. The third-order valence-electron chi connectivity index (χ3n) is 16.0. The van der Waals surface area contributed by atoms with Crippen molar-refractivity contribution < 1.29 is 28.6 Å². The first-order chi connectivity index (χ1) is 40.0. The Bertz CT molecular complexity index is 1440. The van der Waals surface area contributed by atoms with Crippen LogP contribution in [0.3, 0.4) is 0 Å². The lowest BCUT2D eigenvalue weighted by molar-refractivity contribution is -0.167. The summed E-state index contributed by atoms with van der Waals surface area (Å²) in [5, 5.41) is 0. The monoisotopic (exact) mass is 1130 g/mol.